The first kappa shape index (κ1) is 35.2. The molecule has 0 unspecified atom stereocenters. The molecular weight excluding hydrogens is 771 g/mol. The predicted octanol–water partition coefficient (Wildman–Crippen LogP) is 5.59. The fraction of sp³-hybridized carbons (Fsp3) is 0.257. The highest BCUT2D eigenvalue weighted by Gasteiger charge is 2.34. The molecule has 0 saturated carbocycles. The Hall–Kier alpha value is -4.14. The summed E-state index contributed by atoms with van der Waals surface area (Å²) in [6.07, 6.45) is 1.79. The Morgan fingerprint density at radius 2 is 1.77 bits per heavy atom. The number of fused-ring (bicyclic) bond motifs is 1. The van der Waals surface area contributed by atoms with Crippen molar-refractivity contribution in [1.29, 1.82) is 0 Å². The number of allylic oxidation sites excluding steroid dienone is 1. The molecule has 0 saturated heterocycles. The molecule has 0 aliphatic carbocycles. The number of hydrogen-bond donors (Lipinski definition) is 0. The number of nitrogens with zero attached hydrogens (tertiary/aromatic N) is 2. The number of rotatable bonds is 12. The molecule has 1 aliphatic rings. The van der Waals surface area contributed by atoms with Gasteiger partial charge in [0.1, 0.15) is 12.4 Å². The summed E-state index contributed by atoms with van der Waals surface area (Å²) in [6.45, 7) is 5.71. The quantitative estimate of drug-likeness (QED) is 0.135. The maximum Gasteiger partial charge on any atom is 0.343 e. The molecule has 0 N–H and O–H groups in total. The number of thiazole rings is 1. The molecule has 0 fully saturated rings. The first-order valence-corrected chi connectivity index (χ1v) is 17.2. The average molecular weight is 803 g/mol. The molecule has 250 valence electrons. The molecule has 48 heavy (non-hydrogen) atoms. The normalized spacial score (nSPS) is 14.2. The van der Waals surface area contributed by atoms with Crippen LogP contribution in [0, 0.1) is 3.57 Å². The number of benzene rings is 3. The molecule has 1 aromatic heterocycles. The Kier molecular flexibility index (Phi) is 11.6. The maximum atomic E-state index is 14.1. The molecule has 0 spiro atoms. The van der Waals surface area contributed by atoms with Crippen molar-refractivity contribution in [2.24, 2.45) is 4.99 Å². The van der Waals surface area contributed by atoms with Crippen LogP contribution in [0.4, 0.5) is 0 Å². The summed E-state index contributed by atoms with van der Waals surface area (Å²) in [4.78, 5) is 44.3. The minimum absolute atomic E-state index is 0.147. The van der Waals surface area contributed by atoms with Crippen molar-refractivity contribution < 1.29 is 33.3 Å². The Labute approximate surface area is 299 Å². The van der Waals surface area contributed by atoms with E-state index >= 15 is 0 Å². The molecule has 0 amide bonds. The van der Waals surface area contributed by atoms with E-state index in [4.69, 9.17) is 30.5 Å². The van der Waals surface area contributed by atoms with Crippen LogP contribution in [-0.4, -0.2) is 43.4 Å². The van der Waals surface area contributed by atoms with E-state index in [2.05, 4.69) is 32.3 Å². The highest BCUT2D eigenvalue weighted by atomic mass is 127. The Bertz CT molecular complexity index is 2070. The second-order valence-electron chi connectivity index (χ2n) is 10.4. The molecular formula is C35H32ClIN2O8S. The van der Waals surface area contributed by atoms with Gasteiger partial charge in [-0.05, 0) is 90.9 Å². The van der Waals surface area contributed by atoms with E-state index in [9.17, 15) is 14.4 Å². The fourth-order valence-electron chi connectivity index (χ4n) is 5.03. The van der Waals surface area contributed by atoms with Gasteiger partial charge >= 0.3 is 11.9 Å². The lowest BCUT2D eigenvalue weighted by Crippen LogP contribution is -2.40. The third-order valence-electron chi connectivity index (χ3n) is 7.27. The SMILES string of the molecule is CCOC(=O)C1=C(C)N=c2s/c(=C\c3ccc(OCc4ccccc4Cl)c(I)c3)c(=O)n2[C@H]1c1ccc(OCC(=O)OC)c(OCC)c1. The van der Waals surface area contributed by atoms with Crippen molar-refractivity contribution in [3.05, 3.63) is 117 Å². The molecule has 5 rings (SSSR count). The van der Waals surface area contributed by atoms with Gasteiger partial charge in [-0.1, -0.05) is 53.3 Å². The van der Waals surface area contributed by atoms with Gasteiger partial charge < -0.3 is 23.7 Å². The summed E-state index contributed by atoms with van der Waals surface area (Å²) in [7, 11) is 1.27. The zero-order valence-electron chi connectivity index (χ0n) is 26.6. The van der Waals surface area contributed by atoms with Crippen LogP contribution in [0.5, 0.6) is 17.2 Å². The number of carbonyl (C=O) groups excluding carboxylic acids is 2. The van der Waals surface area contributed by atoms with Gasteiger partial charge in [0.2, 0.25) is 0 Å². The van der Waals surface area contributed by atoms with E-state index in [0.29, 0.717) is 56.1 Å². The third-order valence-corrected chi connectivity index (χ3v) is 9.46. The summed E-state index contributed by atoms with van der Waals surface area (Å²) in [6, 6.07) is 17.3. The van der Waals surface area contributed by atoms with Crippen LogP contribution in [0.1, 0.15) is 43.5 Å². The molecule has 4 aromatic rings. The van der Waals surface area contributed by atoms with Crippen molar-refractivity contribution in [3.8, 4) is 17.2 Å². The van der Waals surface area contributed by atoms with Gasteiger partial charge in [0.15, 0.2) is 22.9 Å². The zero-order valence-corrected chi connectivity index (χ0v) is 30.3. The van der Waals surface area contributed by atoms with Crippen LogP contribution in [0.2, 0.25) is 5.02 Å². The summed E-state index contributed by atoms with van der Waals surface area (Å²) in [5.74, 6) is 0.207. The van der Waals surface area contributed by atoms with Crippen LogP contribution in [0.25, 0.3) is 6.08 Å². The molecule has 0 bridgehead atoms. The summed E-state index contributed by atoms with van der Waals surface area (Å²) < 4.78 is 30.4. The van der Waals surface area contributed by atoms with Gasteiger partial charge in [-0.2, -0.15) is 0 Å². The summed E-state index contributed by atoms with van der Waals surface area (Å²) in [5, 5.41) is 0.635. The number of halogens is 2. The first-order chi connectivity index (χ1) is 23.1. The highest BCUT2D eigenvalue weighted by Crippen LogP contribution is 2.36. The van der Waals surface area contributed by atoms with Crippen LogP contribution in [0.15, 0.2) is 81.7 Å². The number of carbonyl (C=O) groups is 2. The van der Waals surface area contributed by atoms with Crippen molar-refractivity contribution in [1.82, 2.24) is 4.57 Å². The van der Waals surface area contributed by atoms with Crippen LogP contribution >= 0.6 is 45.5 Å². The number of methoxy groups -OCH3 is 1. The maximum absolute atomic E-state index is 14.1. The van der Waals surface area contributed by atoms with Crippen molar-refractivity contribution >= 4 is 63.5 Å². The molecule has 1 atom stereocenters. The van der Waals surface area contributed by atoms with Crippen molar-refractivity contribution in [2.45, 2.75) is 33.4 Å². The van der Waals surface area contributed by atoms with E-state index < -0.39 is 18.0 Å². The zero-order chi connectivity index (χ0) is 34.4. The number of ether oxygens (including phenoxy) is 5. The molecule has 3 aromatic carbocycles. The van der Waals surface area contributed by atoms with Crippen LogP contribution < -0.4 is 29.1 Å². The molecule has 1 aliphatic heterocycles. The van der Waals surface area contributed by atoms with Gasteiger partial charge in [-0.25, -0.2) is 14.6 Å². The van der Waals surface area contributed by atoms with Crippen LogP contribution in [-0.2, 0) is 25.7 Å². The highest BCUT2D eigenvalue weighted by molar-refractivity contribution is 14.1. The van der Waals surface area contributed by atoms with E-state index in [1.54, 1.807) is 38.1 Å². The smallest absolute Gasteiger partial charge is 0.343 e. The second-order valence-corrected chi connectivity index (χ2v) is 13.0. The third kappa shape index (κ3) is 7.77. The van der Waals surface area contributed by atoms with Gasteiger partial charge in [0, 0.05) is 10.6 Å². The summed E-state index contributed by atoms with van der Waals surface area (Å²) >= 11 is 9.70. The van der Waals surface area contributed by atoms with E-state index in [0.717, 1.165) is 14.7 Å². The minimum atomic E-state index is -0.864. The van der Waals surface area contributed by atoms with Gasteiger partial charge in [-0.15, -0.1) is 0 Å². The summed E-state index contributed by atoms with van der Waals surface area (Å²) in [5.41, 5.74) is 2.59. The lowest BCUT2D eigenvalue weighted by atomic mass is 9.95. The number of hydrogen-bond acceptors (Lipinski definition) is 10. The molecule has 0 radical (unpaired) electrons. The van der Waals surface area contributed by atoms with E-state index in [1.165, 1.54) is 23.0 Å². The van der Waals surface area contributed by atoms with Gasteiger partial charge in [0.25, 0.3) is 5.56 Å². The van der Waals surface area contributed by atoms with Crippen LogP contribution in [0.3, 0.4) is 0 Å². The number of esters is 2. The fourth-order valence-corrected chi connectivity index (χ4v) is 6.96. The largest absolute Gasteiger partial charge is 0.490 e. The average Bonchev–Trinajstić information content (AvgIpc) is 3.37. The second kappa shape index (κ2) is 15.8. The lowest BCUT2D eigenvalue weighted by Gasteiger charge is -2.25. The standard InChI is InChI=1S/C35H32ClIN2O8S/c1-5-44-28-17-22(12-14-27(28)47-19-30(40)43-4)32-31(34(42)45-6-2)20(3)38-35-39(32)33(41)29(48-35)16-21-11-13-26(25(37)15-21)46-18-23-9-7-8-10-24(23)36/h7-17,32H,5-6,18-19H2,1-4H3/b29-16-/t32-/m0/s1. The minimum Gasteiger partial charge on any atom is -0.490 e. The Balaban J connectivity index is 1.55. The number of aromatic nitrogens is 1. The van der Waals surface area contributed by atoms with Gasteiger partial charge in [0.05, 0.1) is 45.7 Å². The molecule has 2 heterocycles. The predicted molar refractivity (Wildman–Crippen MR) is 190 cm³/mol. The van der Waals surface area contributed by atoms with Gasteiger partial charge in [-0.3, -0.25) is 9.36 Å². The Morgan fingerprint density at radius 3 is 2.48 bits per heavy atom. The van der Waals surface area contributed by atoms with Crippen molar-refractivity contribution in [2.75, 3.05) is 26.9 Å². The molecule has 13 heteroatoms. The topological polar surface area (TPSA) is 115 Å². The lowest BCUT2D eigenvalue weighted by molar-refractivity contribution is -0.143. The Morgan fingerprint density at radius 1 is 1.00 bits per heavy atom. The first-order valence-electron chi connectivity index (χ1n) is 15.0. The van der Waals surface area contributed by atoms with E-state index in [1.807, 2.05) is 49.4 Å². The molecule has 10 nitrogen and oxygen atoms in total. The van der Waals surface area contributed by atoms with Crippen molar-refractivity contribution in [3.63, 3.8) is 0 Å². The van der Waals surface area contributed by atoms with E-state index in [-0.39, 0.29) is 24.3 Å². The monoisotopic (exact) mass is 802 g/mol.